The fraction of sp³-hybridized carbons (Fsp3) is 0.211. The highest BCUT2D eigenvalue weighted by atomic mass is 16.3. The molecule has 2 unspecified atom stereocenters. The Labute approximate surface area is 135 Å². The molecule has 1 aromatic heterocycles. The number of hydrogen-bond donors (Lipinski definition) is 3. The zero-order valence-corrected chi connectivity index (χ0v) is 13.0. The molecule has 0 aliphatic heterocycles. The maximum absolute atomic E-state index is 12.5. The van der Waals surface area contributed by atoms with Crippen LogP contribution in [0.3, 0.4) is 0 Å². The quantitative estimate of drug-likeness (QED) is 0.676. The first kappa shape index (κ1) is 15.3. The van der Waals surface area contributed by atoms with Gasteiger partial charge in [0.2, 0.25) is 0 Å². The van der Waals surface area contributed by atoms with E-state index in [4.69, 9.17) is 0 Å². The van der Waals surface area contributed by atoms with Crippen molar-refractivity contribution in [3.63, 3.8) is 0 Å². The lowest BCUT2D eigenvalue weighted by Gasteiger charge is -2.18. The molecule has 0 bridgehead atoms. The maximum Gasteiger partial charge on any atom is 0.252 e. The summed E-state index contributed by atoms with van der Waals surface area (Å²) in [6.45, 7) is 1.90. The smallest absolute Gasteiger partial charge is 0.252 e. The molecule has 118 valence electrons. The number of amides is 1. The van der Waals surface area contributed by atoms with Crippen LogP contribution in [-0.4, -0.2) is 22.0 Å². The van der Waals surface area contributed by atoms with Crippen LogP contribution in [0.15, 0.2) is 60.8 Å². The van der Waals surface area contributed by atoms with Crippen molar-refractivity contribution in [1.29, 1.82) is 0 Å². The molecule has 0 aliphatic rings. The first-order chi connectivity index (χ1) is 11.1. The maximum atomic E-state index is 12.5. The number of hydrogen-bond acceptors (Lipinski definition) is 2. The van der Waals surface area contributed by atoms with Crippen molar-refractivity contribution in [3.8, 4) is 0 Å². The number of rotatable bonds is 5. The molecule has 2 aromatic carbocycles. The van der Waals surface area contributed by atoms with Gasteiger partial charge in [-0.3, -0.25) is 4.79 Å². The number of aliphatic hydroxyl groups is 1. The molecule has 0 saturated heterocycles. The van der Waals surface area contributed by atoms with Gasteiger partial charge in [-0.1, -0.05) is 36.4 Å². The summed E-state index contributed by atoms with van der Waals surface area (Å²) in [5.41, 5.74) is 2.45. The highest BCUT2D eigenvalue weighted by molar-refractivity contribution is 6.06. The first-order valence-corrected chi connectivity index (χ1v) is 7.75. The molecule has 0 spiro atoms. The van der Waals surface area contributed by atoms with Crippen LogP contribution in [0.4, 0.5) is 0 Å². The molecule has 1 amide bonds. The standard InChI is InChI=1S/C19H20N2O2/c1-13(12-18(22)14-6-3-2-4-7-14)21-19(23)16-8-5-9-17-15(16)10-11-20-17/h2-11,13,18,20,22H,12H2,1H3,(H,21,23). The predicted molar refractivity (Wildman–Crippen MR) is 91.2 cm³/mol. The van der Waals surface area contributed by atoms with Gasteiger partial charge in [-0.25, -0.2) is 0 Å². The lowest BCUT2D eigenvalue weighted by Crippen LogP contribution is -2.33. The van der Waals surface area contributed by atoms with Gasteiger partial charge in [0.05, 0.1) is 6.10 Å². The van der Waals surface area contributed by atoms with E-state index in [1.165, 1.54) is 0 Å². The van der Waals surface area contributed by atoms with Crippen molar-refractivity contribution in [1.82, 2.24) is 10.3 Å². The number of nitrogens with one attached hydrogen (secondary N) is 2. The van der Waals surface area contributed by atoms with Gasteiger partial charge in [0, 0.05) is 28.7 Å². The fourth-order valence-corrected chi connectivity index (χ4v) is 2.79. The summed E-state index contributed by atoms with van der Waals surface area (Å²) in [5.74, 6) is -0.122. The Morgan fingerprint density at radius 3 is 2.70 bits per heavy atom. The lowest BCUT2D eigenvalue weighted by atomic mass is 10.0. The Bertz CT molecular complexity index is 795. The van der Waals surface area contributed by atoms with Crippen molar-refractivity contribution in [2.75, 3.05) is 0 Å². The molecule has 2 atom stereocenters. The molecule has 1 heterocycles. The van der Waals surface area contributed by atoms with Crippen molar-refractivity contribution < 1.29 is 9.90 Å². The van der Waals surface area contributed by atoms with Gasteiger partial charge in [0.1, 0.15) is 0 Å². The van der Waals surface area contributed by atoms with Gasteiger partial charge < -0.3 is 15.4 Å². The molecule has 3 aromatic rings. The molecule has 0 aliphatic carbocycles. The summed E-state index contributed by atoms with van der Waals surface area (Å²) in [7, 11) is 0. The third kappa shape index (κ3) is 3.43. The van der Waals surface area contributed by atoms with Gasteiger partial charge in [0.25, 0.3) is 5.91 Å². The van der Waals surface area contributed by atoms with E-state index in [2.05, 4.69) is 10.3 Å². The molecule has 0 saturated carbocycles. The van der Waals surface area contributed by atoms with Crippen LogP contribution in [-0.2, 0) is 0 Å². The van der Waals surface area contributed by atoms with Gasteiger partial charge in [-0.2, -0.15) is 0 Å². The van der Waals surface area contributed by atoms with Crippen molar-refractivity contribution in [2.24, 2.45) is 0 Å². The number of benzene rings is 2. The van der Waals surface area contributed by atoms with Gasteiger partial charge in [-0.05, 0) is 37.1 Å². The number of carbonyl (C=O) groups is 1. The Morgan fingerprint density at radius 1 is 1.13 bits per heavy atom. The van der Waals surface area contributed by atoms with E-state index in [0.29, 0.717) is 12.0 Å². The summed E-state index contributed by atoms with van der Waals surface area (Å²) in [4.78, 5) is 15.6. The molecule has 4 heteroatoms. The average molecular weight is 308 g/mol. The van der Waals surface area contributed by atoms with Gasteiger partial charge in [0.15, 0.2) is 0 Å². The highest BCUT2D eigenvalue weighted by Gasteiger charge is 2.16. The van der Waals surface area contributed by atoms with E-state index in [-0.39, 0.29) is 11.9 Å². The molecule has 0 radical (unpaired) electrons. The SMILES string of the molecule is CC(CC(O)c1ccccc1)NC(=O)c1cccc2[nH]ccc12. The van der Waals surface area contributed by atoms with Crippen LogP contribution >= 0.6 is 0 Å². The van der Waals surface area contributed by atoms with Crippen LogP contribution in [0.5, 0.6) is 0 Å². The van der Waals surface area contributed by atoms with Crippen molar-refractivity contribution >= 4 is 16.8 Å². The van der Waals surface area contributed by atoms with Crippen LogP contribution < -0.4 is 5.32 Å². The highest BCUT2D eigenvalue weighted by Crippen LogP contribution is 2.20. The number of H-pyrrole nitrogens is 1. The Kier molecular flexibility index (Phi) is 4.44. The van der Waals surface area contributed by atoms with Crippen LogP contribution in [0.1, 0.15) is 35.4 Å². The second-order valence-electron chi connectivity index (χ2n) is 5.78. The molecule has 3 N–H and O–H groups in total. The third-order valence-electron chi connectivity index (χ3n) is 3.98. The summed E-state index contributed by atoms with van der Waals surface area (Å²) >= 11 is 0. The van der Waals surface area contributed by atoms with E-state index >= 15 is 0 Å². The first-order valence-electron chi connectivity index (χ1n) is 7.75. The minimum atomic E-state index is -0.588. The minimum absolute atomic E-state index is 0.122. The topological polar surface area (TPSA) is 65.1 Å². The molecule has 23 heavy (non-hydrogen) atoms. The molecule has 3 rings (SSSR count). The number of aliphatic hydroxyl groups excluding tert-OH is 1. The number of fused-ring (bicyclic) bond motifs is 1. The summed E-state index contributed by atoms with van der Waals surface area (Å²) in [5, 5.41) is 14.1. The molecular weight excluding hydrogens is 288 g/mol. The Hall–Kier alpha value is -2.59. The molecular formula is C19H20N2O2. The average Bonchev–Trinajstić information content (AvgIpc) is 3.03. The van der Waals surface area contributed by atoms with Crippen molar-refractivity contribution in [2.45, 2.75) is 25.5 Å². The normalized spacial score (nSPS) is 13.7. The van der Waals surface area contributed by atoms with E-state index < -0.39 is 6.10 Å². The third-order valence-corrected chi connectivity index (χ3v) is 3.98. The van der Waals surface area contributed by atoms with E-state index in [9.17, 15) is 9.90 Å². The van der Waals surface area contributed by atoms with Crippen LogP contribution in [0.25, 0.3) is 10.9 Å². The lowest BCUT2D eigenvalue weighted by molar-refractivity contribution is 0.0918. The predicted octanol–water partition coefficient (Wildman–Crippen LogP) is 3.41. The number of carbonyl (C=O) groups excluding carboxylic acids is 1. The largest absolute Gasteiger partial charge is 0.388 e. The Morgan fingerprint density at radius 2 is 1.91 bits per heavy atom. The van der Waals surface area contributed by atoms with Gasteiger partial charge >= 0.3 is 0 Å². The number of aromatic amines is 1. The second kappa shape index (κ2) is 6.67. The Balaban J connectivity index is 1.67. The van der Waals surface area contributed by atoms with Crippen molar-refractivity contribution in [3.05, 3.63) is 71.9 Å². The zero-order valence-electron chi connectivity index (χ0n) is 13.0. The second-order valence-corrected chi connectivity index (χ2v) is 5.78. The van der Waals surface area contributed by atoms with Gasteiger partial charge in [-0.15, -0.1) is 0 Å². The minimum Gasteiger partial charge on any atom is -0.388 e. The zero-order chi connectivity index (χ0) is 16.2. The van der Waals surface area contributed by atoms with E-state index in [1.54, 1.807) is 0 Å². The van der Waals surface area contributed by atoms with Crippen LogP contribution in [0, 0.1) is 0 Å². The van der Waals surface area contributed by atoms with E-state index in [1.807, 2.05) is 67.7 Å². The fourth-order valence-electron chi connectivity index (χ4n) is 2.79. The summed E-state index contributed by atoms with van der Waals surface area (Å²) in [6.07, 6.45) is 1.71. The monoisotopic (exact) mass is 308 g/mol. The number of aromatic nitrogens is 1. The summed E-state index contributed by atoms with van der Waals surface area (Å²) < 4.78 is 0. The molecule has 0 fully saturated rings. The summed E-state index contributed by atoms with van der Waals surface area (Å²) in [6, 6.07) is 16.9. The van der Waals surface area contributed by atoms with Crippen LogP contribution in [0.2, 0.25) is 0 Å². The van der Waals surface area contributed by atoms with E-state index in [0.717, 1.165) is 16.5 Å². The molecule has 4 nitrogen and oxygen atoms in total.